The number of morpholine rings is 1. The van der Waals surface area contributed by atoms with Gasteiger partial charge in [0, 0.05) is 29.7 Å². The summed E-state index contributed by atoms with van der Waals surface area (Å²) in [5, 5.41) is 2.03. The van der Waals surface area contributed by atoms with Crippen LogP contribution in [-0.2, 0) is 17.8 Å². The topological polar surface area (TPSA) is 54.9 Å². The molecular formula is C23H25N3O3S. The van der Waals surface area contributed by atoms with E-state index in [0.717, 1.165) is 35.1 Å². The van der Waals surface area contributed by atoms with Crippen molar-refractivity contribution in [3.8, 4) is 5.75 Å². The number of amides is 1. The second kappa shape index (κ2) is 9.73. The Morgan fingerprint density at radius 2 is 1.97 bits per heavy atom. The number of anilines is 1. The Labute approximate surface area is 180 Å². The molecule has 6 nitrogen and oxygen atoms in total. The molecule has 3 aromatic rings. The lowest BCUT2D eigenvalue weighted by molar-refractivity contribution is 0.0730. The Kier molecular flexibility index (Phi) is 6.61. The van der Waals surface area contributed by atoms with Crippen molar-refractivity contribution in [3.05, 3.63) is 76.1 Å². The first-order valence-corrected chi connectivity index (χ1v) is 10.8. The van der Waals surface area contributed by atoms with Gasteiger partial charge in [0.25, 0.3) is 5.91 Å². The molecule has 2 aromatic heterocycles. The average molecular weight is 424 g/mol. The number of carbonyl (C=O) groups excluding carboxylic acids is 1. The highest BCUT2D eigenvalue weighted by Crippen LogP contribution is 2.23. The standard InChI is InChI=1S/C23H25N3O3S/c1-28-21-7-3-2-5-19(21)16-26(17-20-6-4-14-30-20)23(27)18-8-9-22(24-15-18)25-10-12-29-13-11-25/h2-9,14-15H,10-13,16-17H2,1H3. The number of rotatable bonds is 7. The Morgan fingerprint density at radius 3 is 2.67 bits per heavy atom. The summed E-state index contributed by atoms with van der Waals surface area (Å²) in [4.78, 5) is 23.1. The van der Waals surface area contributed by atoms with Crippen LogP contribution >= 0.6 is 11.3 Å². The van der Waals surface area contributed by atoms with Crippen LogP contribution in [0.25, 0.3) is 0 Å². The highest BCUT2D eigenvalue weighted by molar-refractivity contribution is 7.09. The van der Waals surface area contributed by atoms with Gasteiger partial charge in [0.05, 0.1) is 39.0 Å². The molecule has 0 radical (unpaired) electrons. The van der Waals surface area contributed by atoms with Gasteiger partial charge in [0.1, 0.15) is 11.6 Å². The lowest BCUT2D eigenvalue weighted by Crippen LogP contribution is -2.36. The predicted octanol–water partition coefficient (Wildman–Crippen LogP) is 3.83. The number of hydrogen-bond acceptors (Lipinski definition) is 6. The minimum Gasteiger partial charge on any atom is -0.496 e. The maximum absolute atomic E-state index is 13.4. The maximum Gasteiger partial charge on any atom is 0.256 e. The molecule has 0 bridgehead atoms. The summed E-state index contributed by atoms with van der Waals surface area (Å²) >= 11 is 1.65. The molecule has 1 fully saturated rings. The molecule has 0 atom stereocenters. The van der Waals surface area contributed by atoms with Gasteiger partial charge in [-0.25, -0.2) is 4.98 Å². The van der Waals surface area contributed by atoms with Crippen LogP contribution in [0.4, 0.5) is 5.82 Å². The zero-order valence-corrected chi connectivity index (χ0v) is 17.8. The number of methoxy groups -OCH3 is 1. The van der Waals surface area contributed by atoms with E-state index in [0.29, 0.717) is 31.9 Å². The number of ether oxygens (including phenoxy) is 2. The van der Waals surface area contributed by atoms with Crippen molar-refractivity contribution in [2.75, 3.05) is 38.3 Å². The van der Waals surface area contributed by atoms with Gasteiger partial charge in [0.2, 0.25) is 0 Å². The fraction of sp³-hybridized carbons (Fsp3) is 0.304. The van der Waals surface area contributed by atoms with Crippen molar-refractivity contribution in [2.45, 2.75) is 13.1 Å². The molecule has 30 heavy (non-hydrogen) atoms. The van der Waals surface area contributed by atoms with Crippen molar-refractivity contribution >= 4 is 23.1 Å². The molecule has 1 aliphatic heterocycles. The summed E-state index contributed by atoms with van der Waals surface area (Å²) in [5.74, 6) is 1.61. The van der Waals surface area contributed by atoms with E-state index < -0.39 is 0 Å². The fourth-order valence-electron chi connectivity index (χ4n) is 3.50. The summed E-state index contributed by atoms with van der Waals surface area (Å²) in [6, 6.07) is 15.6. The van der Waals surface area contributed by atoms with E-state index in [2.05, 4.69) is 9.88 Å². The van der Waals surface area contributed by atoms with Crippen molar-refractivity contribution in [1.82, 2.24) is 9.88 Å². The monoisotopic (exact) mass is 423 g/mol. The van der Waals surface area contributed by atoms with Crippen molar-refractivity contribution in [2.24, 2.45) is 0 Å². The number of nitrogens with zero attached hydrogens (tertiary/aromatic N) is 3. The van der Waals surface area contributed by atoms with Crippen LogP contribution < -0.4 is 9.64 Å². The second-order valence-corrected chi connectivity index (χ2v) is 8.09. The molecule has 1 saturated heterocycles. The molecule has 0 spiro atoms. The third kappa shape index (κ3) is 4.80. The molecule has 0 unspecified atom stereocenters. The molecule has 0 N–H and O–H groups in total. The normalized spacial score (nSPS) is 13.8. The lowest BCUT2D eigenvalue weighted by atomic mass is 10.1. The molecular weight excluding hydrogens is 398 g/mol. The largest absolute Gasteiger partial charge is 0.496 e. The highest BCUT2D eigenvalue weighted by atomic mass is 32.1. The quantitative estimate of drug-likeness (QED) is 0.578. The summed E-state index contributed by atoms with van der Waals surface area (Å²) in [5.41, 5.74) is 1.56. The third-order valence-electron chi connectivity index (χ3n) is 5.10. The van der Waals surface area contributed by atoms with Gasteiger partial charge in [-0.2, -0.15) is 0 Å². The molecule has 156 valence electrons. The van der Waals surface area contributed by atoms with Crippen LogP contribution in [0, 0.1) is 0 Å². The van der Waals surface area contributed by atoms with Gasteiger partial charge in [0.15, 0.2) is 0 Å². The Hall–Kier alpha value is -2.90. The predicted molar refractivity (Wildman–Crippen MR) is 118 cm³/mol. The zero-order chi connectivity index (χ0) is 20.8. The van der Waals surface area contributed by atoms with E-state index in [4.69, 9.17) is 9.47 Å². The number of aromatic nitrogens is 1. The van der Waals surface area contributed by atoms with Gasteiger partial charge in [-0.05, 0) is 29.6 Å². The second-order valence-electron chi connectivity index (χ2n) is 7.06. The summed E-state index contributed by atoms with van der Waals surface area (Å²) in [6.07, 6.45) is 1.68. The number of para-hydroxylation sites is 1. The number of pyridine rings is 1. The summed E-state index contributed by atoms with van der Waals surface area (Å²) < 4.78 is 10.9. The van der Waals surface area contributed by atoms with E-state index in [-0.39, 0.29) is 5.91 Å². The van der Waals surface area contributed by atoms with Gasteiger partial charge in [-0.1, -0.05) is 24.3 Å². The van der Waals surface area contributed by atoms with E-state index in [1.165, 1.54) is 0 Å². The fourth-order valence-corrected chi connectivity index (χ4v) is 4.22. The number of hydrogen-bond donors (Lipinski definition) is 0. The Balaban J connectivity index is 1.55. The zero-order valence-electron chi connectivity index (χ0n) is 17.0. The smallest absolute Gasteiger partial charge is 0.256 e. The number of carbonyl (C=O) groups is 1. The first-order chi connectivity index (χ1) is 14.7. The van der Waals surface area contributed by atoms with Crippen LogP contribution in [0.15, 0.2) is 60.1 Å². The summed E-state index contributed by atoms with van der Waals surface area (Å²) in [7, 11) is 1.65. The molecule has 0 aliphatic carbocycles. The van der Waals surface area contributed by atoms with E-state index in [9.17, 15) is 4.79 Å². The molecule has 7 heteroatoms. The van der Waals surface area contributed by atoms with Gasteiger partial charge < -0.3 is 19.3 Å². The summed E-state index contributed by atoms with van der Waals surface area (Å²) in [6.45, 7) is 4.05. The minimum atomic E-state index is -0.0460. The lowest BCUT2D eigenvalue weighted by Gasteiger charge is -2.28. The number of benzene rings is 1. The van der Waals surface area contributed by atoms with Crippen LogP contribution in [0.3, 0.4) is 0 Å². The minimum absolute atomic E-state index is 0.0460. The highest BCUT2D eigenvalue weighted by Gasteiger charge is 2.20. The first-order valence-electron chi connectivity index (χ1n) is 9.97. The van der Waals surface area contributed by atoms with E-state index in [1.54, 1.807) is 24.6 Å². The van der Waals surface area contributed by atoms with Crippen LogP contribution in [0.1, 0.15) is 20.8 Å². The Morgan fingerprint density at radius 1 is 1.13 bits per heavy atom. The number of thiophene rings is 1. The molecule has 3 heterocycles. The van der Waals surface area contributed by atoms with Gasteiger partial charge >= 0.3 is 0 Å². The van der Waals surface area contributed by atoms with Crippen LogP contribution in [0.5, 0.6) is 5.75 Å². The average Bonchev–Trinajstić information content (AvgIpc) is 3.32. The maximum atomic E-state index is 13.4. The SMILES string of the molecule is COc1ccccc1CN(Cc1cccs1)C(=O)c1ccc(N2CCOCC2)nc1. The molecule has 0 saturated carbocycles. The van der Waals surface area contributed by atoms with Crippen molar-refractivity contribution in [1.29, 1.82) is 0 Å². The molecule has 1 aliphatic rings. The van der Waals surface area contributed by atoms with Crippen LogP contribution in [-0.4, -0.2) is 49.2 Å². The van der Waals surface area contributed by atoms with Crippen molar-refractivity contribution < 1.29 is 14.3 Å². The molecule has 1 aromatic carbocycles. The van der Waals surface area contributed by atoms with Gasteiger partial charge in [-0.15, -0.1) is 11.3 Å². The van der Waals surface area contributed by atoms with E-state index in [1.807, 2.05) is 58.8 Å². The van der Waals surface area contributed by atoms with E-state index >= 15 is 0 Å². The third-order valence-corrected chi connectivity index (χ3v) is 5.96. The molecule has 1 amide bonds. The molecule has 4 rings (SSSR count). The van der Waals surface area contributed by atoms with Crippen LogP contribution in [0.2, 0.25) is 0 Å². The first kappa shape index (κ1) is 20.4. The van der Waals surface area contributed by atoms with Crippen molar-refractivity contribution in [3.63, 3.8) is 0 Å². The Bertz CT molecular complexity index is 954. The van der Waals surface area contributed by atoms with Gasteiger partial charge in [-0.3, -0.25) is 4.79 Å².